The van der Waals surface area contributed by atoms with E-state index in [4.69, 9.17) is 4.74 Å². The van der Waals surface area contributed by atoms with Gasteiger partial charge in [-0.05, 0) is 70.6 Å². The smallest absolute Gasteiger partial charge is 0.119 e. The fraction of sp³-hybridized carbons (Fsp3) is 0.667. The van der Waals surface area contributed by atoms with Crippen molar-refractivity contribution in [2.75, 3.05) is 33.8 Å². The van der Waals surface area contributed by atoms with Crippen LogP contribution >= 0.6 is 0 Å². The highest BCUT2D eigenvalue weighted by molar-refractivity contribution is 5.28. The summed E-state index contributed by atoms with van der Waals surface area (Å²) in [5, 5.41) is 3.58. The highest BCUT2D eigenvalue weighted by Gasteiger charge is 2.05. The van der Waals surface area contributed by atoms with Crippen molar-refractivity contribution in [2.45, 2.75) is 39.7 Å². The second-order valence-electron chi connectivity index (χ2n) is 6.46. The molecule has 0 bridgehead atoms. The fourth-order valence-electron chi connectivity index (χ4n) is 2.11. The summed E-state index contributed by atoms with van der Waals surface area (Å²) in [4.78, 5) is 2.24. The van der Waals surface area contributed by atoms with Crippen LogP contribution in [0.1, 0.15) is 45.2 Å². The van der Waals surface area contributed by atoms with Gasteiger partial charge in [-0.15, -0.1) is 0 Å². The standard InChI is InChI=1S/C18H32N2O/c1-15(2)14-21-18-10-8-17(9-11-18)16(3)19-12-6-7-13-20(4)5/h8-11,15-16,19H,6-7,12-14H2,1-5H3. The zero-order valence-electron chi connectivity index (χ0n) is 14.4. The first kappa shape index (κ1) is 18.0. The Morgan fingerprint density at radius 3 is 2.29 bits per heavy atom. The van der Waals surface area contributed by atoms with Crippen molar-refractivity contribution in [2.24, 2.45) is 5.92 Å². The third kappa shape index (κ3) is 8.08. The molecule has 0 aliphatic heterocycles. The number of hydrogen-bond donors (Lipinski definition) is 1. The zero-order chi connectivity index (χ0) is 15.7. The first-order valence-corrected chi connectivity index (χ1v) is 8.10. The molecule has 120 valence electrons. The molecule has 1 aromatic carbocycles. The summed E-state index contributed by atoms with van der Waals surface area (Å²) >= 11 is 0. The van der Waals surface area contributed by atoms with E-state index in [-0.39, 0.29) is 0 Å². The zero-order valence-corrected chi connectivity index (χ0v) is 14.4. The Morgan fingerprint density at radius 1 is 1.05 bits per heavy atom. The highest BCUT2D eigenvalue weighted by atomic mass is 16.5. The van der Waals surface area contributed by atoms with E-state index in [1.165, 1.54) is 18.4 Å². The number of unbranched alkanes of at least 4 members (excludes halogenated alkanes) is 1. The number of benzene rings is 1. The molecular formula is C18H32N2O. The molecule has 0 saturated carbocycles. The molecule has 0 saturated heterocycles. The molecule has 1 aromatic rings. The van der Waals surface area contributed by atoms with E-state index in [0.29, 0.717) is 12.0 Å². The number of rotatable bonds is 10. The topological polar surface area (TPSA) is 24.5 Å². The predicted molar refractivity (Wildman–Crippen MR) is 91.0 cm³/mol. The van der Waals surface area contributed by atoms with Crippen molar-refractivity contribution in [3.8, 4) is 5.75 Å². The summed E-state index contributed by atoms with van der Waals surface area (Å²) in [6.45, 7) is 9.56. The van der Waals surface area contributed by atoms with Crippen LogP contribution in [0.4, 0.5) is 0 Å². The minimum atomic E-state index is 0.392. The summed E-state index contributed by atoms with van der Waals surface area (Å²) in [5.74, 6) is 1.53. The van der Waals surface area contributed by atoms with Crippen molar-refractivity contribution in [1.29, 1.82) is 0 Å². The molecule has 1 unspecified atom stereocenters. The maximum Gasteiger partial charge on any atom is 0.119 e. The van der Waals surface area contributed by atoms with Crippen LogP contribution < -0.4 is 10.1 Å². The van der Waals surface area contributed by atoms with Crippen molar-refractivity contribution in [3.63, 3.8) is 0 Å². The molecule has 1 rings (SSSR count). The Bertz CT molecular complexity index is 373. The summed E-state index contributed by atoms with van der Waals surface area (Å²) in [7, 11) is 4.25. The molecule has 0 aliphatic carbocycles. The first-order chi connectivity index (χ1) is 9.99. The van der Waals surface area contributed by atoms with E-state index in [1.54, 1.807) is 0 Å². The lowest BCUT2D eigenvalue weighted by atomic mass is 10.1. The molecule has 0 radical (unpaired) electrons. The molecule has 0 aliphatic rings. The Kier molecular flexibility index (Phi) is 8.40. The largest absolute Gasteiger partial charge is 0.493 e. The molecule has 0 spiro atoms. The van der Waals surface area contributed by atoms with Crippen molar-refractivity contribution in [1.82, 2.24) is 10.2 Å². The van der Waals surface area contributed by atoms with Crippen LogP contribution in [-0.4, -0.2) is 38.7 Å². The summed E-state index contributed by atoms with van der Waals surface area (Å²) < 4.78 is 5.71. The fourth-order valence-corrected chi connectivity index (χ4v) is 2.11. The SMILES string of the molecule is CC(C)COc1ccc(C(C)NCCCCN(C)C)cc1. The van der Waals surface area contributed by atoms with E-state index in [2.05, 4.69) is 69.3 Å². The first-order valence-electron chi connectivity index (χ1n) is 8.10. The lowest BCUT2D eigenvalue weighted by Crippen LogP contribution is -2.21. The van der Waals surface area contributed by atoms with E-state index in [1.807, 2.05) is 0 Å². The van der Waals surface area contributed by atoms with Gasteiger partial charge >= 0.3 is 0 Å². The van der Waals surface area contributed by atoms with Gasteiger partial charge in [0.05, 0.1) is 6.61 Å². The van der Waals surface area contributed by atoms with Gasteiger partial charge in [-0.3, -0.25) is 0 Å². The Labute approximate surface area is 130 Å². The molecule has 0 fully saturated rings. The van der Waals surface area contributed by atoms with Crippen molar-refractivity contribution >= 4 is 0 Å². The summed E-state index contributed by atoms with van der Waals surface area (Å²) in [5.41, 5.74) is 1.32. The van der Waals surface area contributed by atoms with Gasteiger partial charge in [0.25, 0.3) is 0 Å². The van der Waals surface area contributed by atoms with Crippen LogP contribution in [-0.2, 0) is 0 Å². The van der Waals surface area contributed by atoms with Crippen LogP contribution in [0, 0.1) is 5.92 Å². The Morgan fingerprint density at radius 2 is 1.71 bits per heavy atom. The number of nitrogens with zero attached hydrogens (tertiary/aromatic N) is 1. The summed E-state index contributed by atoms with van der Waals surface area (Å²) in [6, 6.07) is 8.85. The van der Waals surface area contributed by atoms with E-state index in [9.17, 15) is 0 Å². The lowest BCUT2D eigenvalue weighted by Gasteiger charge is -2.16. The maximum absolute atomic E-state index is 5.71. The Hall–Kier alpha value is -1.06. The number of ether oxygens (including phenoxy) is 1. The minimum absolute atomic E-state index is 0.392. The van der Waals surface area contributed by atoms with E-state index in [0.717, 1.165) is 25.4 Å². The van der Waals surface area contributed by atoms with Gasteiger partial charge in [0.1, 0.15) is 5.75 Å². The van der Waals surface area contributed by atoms with Crippen LogP contribution in [0.15, 0.2) is 24.3 Å². The number of hydrogen-bond acceptors (Lipinski definition) is 3. The van der Waals surface area contributed by atoms with Gasteiger partial charge in [-0.25, -0.2) is 0 Å². The van der Waals surface area contributed by atoms with Crippen LogP contribution in [0.2, 0.25) is 0 Å². The van der Waals surface area contributed by atoms with Gasteiger partial charge in [-0.1, -0.05) is 26.0 Å². The lowest BCUT2D eigenvalue weighted by molar-refractivity contribution is 0.271. The quantitative estimate of drug-likeness (QED) is 0.665. The molecule has 1 atom stereocenters. The molecule has 0 heterocycles. The third-order valence-corrected chi connectivity index (χ3v) is 3.45. The molecule has 0 aromatic heterocycles. The van der Waals surface area contributed by atoms with Gasteiger partial charge in [0, 0.05) is 6.04 Å². The minimum Gasteiger partial charge on any atom is -0.493 e. The highest BCUT2D eigenvalue weighted by Crippen LogP contribution is 2.18. The normalized spacial score (nSPS) is 12.9. The average molecular weight is 292 g/mol. The van der Waals surface area contributed by atoms with Crippen LogP contribution in [0.3, 0.4) is 0 Å². The second-order valence-corrected chi connectivity index (χ2v) is 6.46. The third-order valence-electron chi connectivity index (χ3n) is 3.45. The van der Waals surface area contributed by atoms with Crippen LogP contribution in [0.5, 0.6) is 5.75 Å². The molecular weight excluding hydrogens is 260 g/mol. The summed E-state index contributed by atoms with van der Waals surface area (Å²) in [6.07, 6.45) is 2.47. The van der Waals surface area contributed by atoms with E-state index >= 15 is 0 Å². The van der Waals surface area contributed by atoms with Gasteiger partial charge in [-0.2, -0.15) is 0 Å². The monoisotopic (exact) mass is 292 g/mol. The average Bonchev–Trinajstić information content (AvgIpc) is 2.44. The second kappa shape index (κ2) is 9.80. The molecule has 1 N–H and O–H groups in total. The van der Waals surface area contributed by atoms with Crippen molar-refractivity contribution in [3.05, 3.63) is 29.8 Å². The maximum atomic E-state index is 5.71. The van der Waals surface area contributed by atoms with Gasteiger partial charge in [0.15, 0.2) is 0 Å². The van der Waals surface area contributed by atoms with E-state index < -0.39 is 0 Å². The molecule has 3 nitrogen and oxygen atoms in total. The predicted octanol–water partition coefficient (Wildman–Crippen LogP) is 3.71. The van der Waals surface area contributed by atoms with Crippen LogP contribution in [0.25, 0.3) is 0 Å². The Balaban J connectivity index is 2.29. The van der Waals surface area contributed by atoms with Gasteiger partial charge in [0.2, 0.25) is 0 Å². The molecule has 3 heteroatoms. The van der Waals surface area contributed by atoms with Crippen molar-refractivity contribution < 1.29 is 4.74 Å². The molecule has 0 amide bonds. The molecule has 21 heavy (non-hydrogen) atoms. The van der Waals surface area contributed by atoms with Gasteiger partial charge < -0.3 is 15.0 Å². The number of nitrogens with one attached hydrogen (secondary N) is 1.